The molecule has 0 radical (unpaired) electrons. The maximum absolute atomic E-state index is 13.8. The fourth-order valence-electron chi connectivity index (χ4n) is 2.50. The maximum Gasteiger partial charge on any atom is 0.146 e. The Bertz CT molecular complexity index is 580. The van der Waals surface area contributed by atoms with Crippen LogP contribution in [-0.2, 0) is 13.0 Å². The molecular weight excluding hydrogens is 227 g/mol. The quantitative estimate of drug-likeness (QED) is 0.877. The Morgan fingerprint density at radius 3 is 2.72 bits per heavy atom. The van der Waals surface area contributed by atoms with Gasteiger partial charge in [-0.15, -0.1) is 0 Å². The van der Waals surface area contributed by atoms with Crippen LogP contribution in [0.25, 0.3) is 0 Å². The highest BCUT2D eigenvalue weighted by molar-refractivity contribution is 5.70. The van der Waals surface area contributed by atoms with Gasteiger partial charge in [0.25, 0.3) is 0 Å². The van der Waals surface area contributed by atoms with E-state index in [9.17, 15) is 4.39 Å². The molecule has 0 atom stereocenters. The number of fused-ring (bicyclic) bond motifs is 1. The number of para-hydroxylation sites is 1. The van der Waals surface area contributed by atoms with Gasteiger partial charge in [0.05, 0.1) is 5.69 Å². The van der Waals surface area contributed by atoms with Gasteiger partial charge >= 0.3 is 0 Å². The van der Waals surface area contributed by atoms with Crippen molar-refractivity contribution in [3.05, 3.63) is 59.4 Å². The van der Waals surface area contributed by atoms with Crippen molar-refractivity contribution in [2.45, 2.75) is 13.0 Å². The summed E-state index contributed by atoms with van der Waals surface area (Å²) in [7, 11) is 0. The highest BCUT2D eigenvalue weighted by Crippen LogP contribution is 2.36. The van der Waals surface area contributed by atoms with Crippen molar-refractivity contribution in [3.63, 3.8) is 0 Å². The lowest BCUT2D eigenvalue weighted by Gasteiger charge is -2.20. The minimum Gasteiger partial charge on any atom is -0.339 e. The lowest BCUT2D eigenvalue weighted by atomic mass is 10.1. The summed E-state index contributed by atoms with van der Waals surface area (Å²) in [5, 5.41) is 0. The molecule has 0 fully saturated rings. The average Bonchev–Trinajstić information content (AvgIpc) is 2.82. The number of anilines is 2. The topological polar surface area (TPSA) is 29.3 Å². The summed E-state index contributed by atoms with van der Waals surface area (Å²) in [5.41, 5.74) is 9.76. The van der Waals surface area contributed by atoms with Crippen LogP contribution in [0, 0.1) is 5.82 Å². The largest absolute Gasteiger partial charge is 0.339 e. The Morgan fingerprint density at radius 1 is 1.11 bits per heavy atom. The van der Waals surface area contributed by atoms with Crippen molar-refractivity contribution >= 4 is 11.4 Å². The molecule has 0 saturated carbocycles. The van der Waals surface area contributed by atoms with Crippen LogP contribution in [0.2, 0.25) is 0 Å². The second kappa shape index (κ2) is 4.42. The Hall–Kier alpha value is -1.87. The molecule has 2 nitrogen and oxygen atoms in total. The summed E-state index contributed by atoms with van der Waals surface area (Å²) in [4.78, 5) is 2.03. The predicted octanol–water partition coefficient (Wildman–Crippen LogP) is 2.98. The maximum atomic E-state index is 13.8. The molecule has 92 valence electrons. The fraction of sp³-hybridized carbons (Fsp3) is 0.200. The van der Waals surface area contributed by atoms with Crippen molar-refractivity contribution < 1.29 is 4.39 Å². The smallest absolute Gasteiger partial charge is 0.146 e. The van der Waals surface area contributed by atoms with E-state index in [0.29, 0.717) is 12.2 Å². The van der Waals surface area contributed by atoms with Crippen LogP contribution in [0.5, 0.6) is 0 Å². The summed E-state index contributed by atoms with van der Waals surface area (Å²) in [6.45, 7) is 1.37. The van der Waals surface area contributed by atoms with Gasteiger partial charge in [0.15, 0.2) is 0 Å². The minimum atomic E-state index is -0.173. The van der Waals surface area contributed by atoms with Crippen LogP contribution >= 0.6 is 0 Å². The molecule has 0 unspecified atom stereocenters. The van der Waals surface area contributed by atoms with E-state index < -0.39 is 0 Å². The molecule has 1 aliphatic rings. The summed E-state index contributed by atoms with van der Waals surface area (Å²) in [6, 6.07) is 13.1. The Labute approximate surface area is 106 Å². The number of hydrogen-bond donors (Lipinski definition) is 1. The zero-order chi connectivity index (χ0) is 12.5. The Kier molecular flexibility index (Phi) is 2.76. The van der Waals surface area contributed by atoms with Crippen molar-refractivity contribution in [2.75, 3.05) is 11.4 Å². The average molecular weight is 242 g/mol. The highest BCUT2D eigenvalue weighted by atomic mass is 19.1. The van der Waals surface area contributed by atoms with Gasteiger partial charge in [-0.25, -0.2) is 4.39 Å². The number of halogens is 1. The van der Waals surface area contributed by atoms with Gasteiger partial charge in [0, 0.05) is 18.8 Å². The minimum absolute atomic E-state index is 0.173. The van der Waals surface area contributed by atoms with E-state index in [1.165, 1.54) is 11.6 Å². The predicted molar refractivity (Wildman–Crippen MR) is 71.4 cm³/mol. The van der Waals surface area contributed by atoms with E-state index >= 15 is 0 Å². The first-order chi connectivity index (χ1) is 8.79. The summed E-state index contributed by atoms with van der Waals surface area (Å²) < 4.78 is 13.8. The normalized spacial score (nSPS) is 13.8. The molecule has 3 heteroatoms. The molecule has 0 bridgehead atoms. The Morgan fingerprint density at radius 2 is 1.94 bits per heavy atom. The van der Waals surface area contributed by atoms with Crippen LogP contribution in [0.3, 0.4) is 0 Å². The van der Waals surface area contributed by atoms with Crippen LogP contribution < -0.4 is 10.6 Å². The third kappa shape index (κ3) is 1.77. The molecule has 0 aliphatic carbocycles. The van der Waals surface area contributed by atoms with Gasteiger partial charge < -0.3 is 10.6 Å². The standard InChI is InChI=1S/C15H15FN2/c16-13-3-1-2-4-15(13)18-8-7-12-9-11(10-17)5-6-14(12)18/h1-6,9H,7-8,10,17H2. The van der Waals surface area contributed by atoms with E-state index in [0.717, 1.165) is 24.2 Å². The molecule has 0 saturated heterocycles. The van der Waals surface area contributed by atoms with Crippen LogP contribution in [0.15, 0.2) is 42.5 Å². The first-order valence-electron chi connectivity index (χ1n) is 6.13. The first kappa shape index (κ1) is 11.2. The molecule has 1 heterocycles. The zero-order valence-electron chi connectivity index (χ0n) is 10.1. The number of nitrogens with zero attached hydrogens (tertiary/aromatic N) is 1. The first-order valence-corrected chi connectivity index (χ1v) is 6.13. The van der Waals surface area contributed by atoms with Crippen molar-refractivity contribution in [3.8, 4) is 0 Å². The molecule has 18 heavy (non-hydrogen) atoms. The van der Waals surface area contributed by atoms with Gasteiger partial charge in [-0.1, -0.05) is 24.3 Å². The van der Waals surface area contributed by atoms with Crippen LogP contribution in [0.1, 0.15) is 11.1 Å². The van der Waals surface area contributed by atoms with Crippen molar-refractivity contribution in [1.29, 1.82) is 0 Å². The van der Waals surface area contributed by atoms with E-state index in [1.54, 1.807) is 6.07 Å². The lowest BCUT2D eigenvalue weighted by molar-refractivity contribution is 0.626. The summed E-state index contributed by atoms with van der Waals surface area (Å²) in [6.07, 6.45) is 0.942. The van der Waals surface area contributed by atoms with Crippen molar-refractivity contribution in [2.24, 2.45) is 5.73 Å². The second-order valence-electron chi connectivity index (χ2n) is 4.52. The van der Waals surface area contributed by atoms with Gasteiger partial charge in [-0.05, 0) is 35.7 Å². The Balaban J connectivity index is 2.03. The molecular formula is C15H15FN2. The molecule has 2 aromatic rings. The molecule has 2 N–H and O–H groups in total. The number of hydrogen-bond acceptors (Lipinski definition) is 2. The van der Waals surface area contributed by atoms with Gasteiger partial charge in [0.2, 0.25) is 0 Å². The molecule has 3 rings (SSSR count). The number of benzene rings is 2. The van der Waals surface area contributed by atoms with Gasteiger partial charge in [-0.3, -0.25) is 0 Å². The van der Waals surface area contributed by atoms with Gasteiger partial charge in [0.1, 0.15) is 5.82 Å². The molecule has 0 aromatic heterocycles. The highest BCUT2D eigenvalue weighted by Gasteiger charge is 2.22. The monoisotopic (exact) mass is 242 g/mol. The summed E-state index contributed by atoms with van der Waals surface area (Å²) >= 11 is 0. The third-order valence-electron chi connectivity index (χ3n) is 3.42. The van der Waals surface area contributed by atoms with Crippen LogP contribution in [-0.4, -0.2) is 6.54 Å². The summed E-state index contributed by atoms with van der Waals surface area (Å²) in [5.74, 6) is -0.173. The van der Waals surface area contributed by atoms with E-state index in [4.69, 9.17) is 5.73 Å². The SMILES string of the molecule is NCc1ccc2c(c1)CCN2c1ccccc1F. The zero-order valence-corrected chi connectivity index (χ0v) is 10.1. The van der Waals surface area contributed by atoms with Gasteiger partial charge in [-0.2, -0.15) is 0 Å². The second-order valence-corrected chi connectivity index (χ2v) is 4.52. The number of nitrogens with two attached hydrogens (primary N) is 1. The van der Waals surface area contributed by atoms with Crippen LogP contribution in [0.4, 0.5) is 15.8 Å². The third-order valence-corrected chi connectivity index (χ3v) is 3.42. The molecule has 1 aliphatic heterocycles. The molecule has 2 aromatic carbocycles. The van der Waals surface area contributed by atoms with Crippen molar-refractivity contribution in [1.82, 2.24) is 0 Å². The number of rotatable bonds is 2. The molecule has 0 amide bonds. The molecule has 0 spiro atoms. The van der Waals surface area contributed by atoms with E-state index in [-0.39, 0.29) is 5.82 Å². The van der Waals surface area contributed by atoms with E-state index in [1.807, 2.05) is 29.2 Å². The van der Waals surface area contributed by atoms with E-state index in [2.05, 4.69) is 6.07 Å². The fourth-order valence-corrected chi connectivity index (χ4v) is 2.50. The lowest BCUT2D eigenvalue weighted by Crippen LogP contribution is -2.14.